The summed E-state index contributed by atoms with van der Waals surface area (Å²) in [7, 11) is 0. The van der Waals surface area contributed by atoms with Gasteiger partial charge in [-0.2, -0.15) is 0 Å². The molecule has 0 saturated carbocycles. The van der Waals surface area contributed by atoms with Crippen LogP contribution in [-0.2, 0) is 9.59 Å². The summed E-state index contributed by atoms with van der Waals surface area (Å²) in [5.74, 6) is -0.202. The van der Waals surface area contributed by atoms with Crippen molar-refractivity contribution in [2.24, 2.45) is 0 Å². The molecular weight excluding hydrogens is 318 g/mol. The van der Waals surface area contributed by atoms with Gasteiger partial charge in [0.05, 0.1) is 0 Å². The molecule has 1 aromatic carbocycles. The number of anilines is 1. The van der Waals surface area contributed by atoms with Crippen LogP contribution in [0, 0.1) is 0 Å². The van der Waals surface area contributed by atoms with E-state index in [1.807, 2.05) is 9.80 Å². The van der Waals surface area contributed by atoms with Gasteiger partial charge in [0.15, 0.2) is 0 Å². The standard InChI is InChI=1S/C19H23N3O3/c1-2-16(23)20-15-9-7-14(8-10-15)19(25)22-13-11-18(24)21-12-5-3-4-6-17(21)22/h2,7-10,17H,1,3-6,11-13H2,(H,20,23). The van der Waals surface area contributed by atoms with Gasteiger partial charge in [0.25, 0.3) is 5.91 Å². The minimum atomic E-state index is -0.289. The van der Waals surface area contributed by atoms with E-state index in [4.69, 9.17) is 0 Å². The van der Waals surface area contributed by atoms with Crippen molar-refractivity contribution in [2.45, 2.75) is 38.3 Å². The molecule has 2 fully saturated rings. The maximum Gasteiger partial charge on any atom is 0.255 e. The number of hydrogen-bond donors (Lipinski definition) is 1. The van der Waals surface area contributed by atoms with Crippen LogP contribution >= 0.6 is 0 Å². The first-order valence-corrected chi connectivity index (χ1v) is 8.74. The maximum absolute atomic E-state index is 12.9. The van der Waals surface area contributed by atoms with E-state index in [2.05, 4.69) is 11.9 Å². The molecule has 3 amide bonds. The van der Waals surface area contributed by atoms with Gasteiger partial charge in [0, 0.05) is 30.8 Å². The minimum absolute atomic E-state index is 0.0639. The summed E-state index contributed by atoms with van der Waals surface area (Å²) in [6, 6.07) is 6.82. The number of carbonyl (C=O) groups excluding carboxylic acids is 3. The smallest absolute Gasteiger partial charge is 0.255 e. The predicted molar refractivity (Wildman–Crippen MR) is 94.9 cm³/mol. The Morgan fingerprint density at radius 2 is 1.88 bits per heavy atom. The topological polar surface area (TPSA) is 69.7 Å². The summed E-state index contributed by atoms with van der Waals surface area (Å²) in [6.45, 7) is 4.61. The molecule has 3 rings (SSSR count). The first-order valence-electron chi connectivity index (χ1n) is 8.74. The average Bonchev–Trinajstić information content (AvgIpc) is 2.89. The molecule has 0 aromatic heterocycles. The molecule has 0 bridgehead atoms. The van der Waals surface area contributed by atoms with Crippen LogP contribution in [0.25, 0.3) is 0 Å². The molecule has 1 N–H and O–H groups in total. The van der Waals surface area contributed by atoms with Crippen LogP contribution in [-0.4, -0.2) is 46.8 Å². The van der Waals surface area contributed by atoms with Crippen molar-refractivity contribution in [1.82, 2.24) is 9.80 Å². The van der Waals surface area contributed by atoms with Crippen molar-refractivity contribution in [3.8, 4) is 0 Å². The molecule has 2 heterocycles. The zero-order chi connectivity index (χ0) is 17.8. The van der Waals surface area contributed by atoms with Gasteiger partial charge in [-0.05, 0) is 49.6 Å². The molecule has 6 nitrogen and oxygen atoms in total. The molecule has 1 unspecified atom stereocenters. The molecular formula is C19H23N3O3. The molecule has 6 heteroatoms. The van der Waals surface area contributed by atoms with E-state index < -0.39 is 0 Å². The lowest BCUT2D eigenvalue weighted by Crippen LogP contribution is -2.57. The monoisotopic (exact) mass is 341 g/mol. The van der Waals surface area contributed by atoms with Crippen molar-refractivity contribution < 1.29 is 14.4 Å². The highest BCUT2D eigenvalue weighted by molar-refractivity contribution is 6.00. The zero-order valence-electron chi connectivity index (χ0n) is 14.2. The van der Waals surface area contributed by atoms with Crippen molar-refractivity contribution in [3.05, 3.63) is 42.5 Å². The van der Waals surface area contributed by atoms with Crippen molar-refractivity contribution in [3.63, 3.8) is 0 Å². The van der Waals surface area contributed by atoms with Gasteiger partial charge in [-0.25, -0.2) is 0 Å². The lowest BCUT2D eigenvalue weighted by Gasteiger charge is -2.43. The van der Waals surface area contributed by atoms with E-state index in [0.717, 1.165) is 32.2 Å². The van der Waals surface area contributed by atoms with E-state index in [1.54, 1.807) is 24.3 Å². The third-order valence-electron chi connectivity index (χ3n) is 4.81. The Morgan fingerprint density at radius 3 is 2.60 bits per heavy atom. The quantitative estimate of drug-likeness (QED) is 0.858. The van der Waals surface area contributed by atoms with Gasteiger partial charge in [-0.3, -0.25) is 14.4 Å². The van der Waals surface area contributed by atoms with Crippen molar-refractivity contribution >= 4 is 23.4 Å². The third kappa shape index (κ3) is 3.73. The molecule has 2 saturated heterocycles. The number of benzene rings is 1. The van der Waals surface area contributed by atoms with E-state index in [1.165, 1.54) is 6.08 Å². The number of hydrogen-bond acceptors (Lipinski definition) is 3. The molecule has 1 atom stereocenters. The van der Waals surface area contributed by atoms with E-state index in [-0.39, 0.29) is 23.9 Å². The molecule has 132 valence electrons. The van der Waals surface area contributed by atoms with Crippen LogP contribution in [0.3, 0.4) is 0 Å². The Labute approximate surface area is 147 Å². The van der Waals surface area contributed by atoms with Gasteiger partial charge in [-0.1, -0.05) is 13.0 Å². The number of carbonyl (C=O) groups is 3. The first-order chi connectivity index (χ1) is 12.1. The summed E-state index contributed by atoms with van der Waals surface area (Å²) in [4.78, 5) is 40.2. The van der Waals surface area contributed by atoms with Gasteiger partial charge in [0.1, 0.15) is 6.17 Å². The molecule has 2 aliphatic rings. The number of nitrogens with one attached hydrogen (secondary N) is 1. The number of fused-ring (bicyclic) bond motifs is 1. The number of rotatable bonds is 3. The largest absolute Gasteiger partial charge is 0.323 e. The fourth-order valence-electron chi connectivity index (χ4n) is 3.51. The molecule has 0 radical (unpaired) electrons. The van der Waals surface area contributed by atoms with Gasteiger partial charge in [0.2, 0.25) is 11.8 Å². The molecule has 1 aromatic rings. The minimum Gasteiger partial charge on any atom is -0.323 e. The Hall–Kier alpha value is -2.63. The summed E-state index contributed by atoms with van der Waals surface area (Å²) >= 11 is 0. The highest BCUT2D eigenvalue weighted by Crippen LogP contribution is 2.26. The summed E-state index contributed by atoms with van der Waals surface area (Å²) in [5.41, 5.74) is 1.18. The zero-order valence-corrected chi connectivity index (χ0v) is 14.2. The normalized spacial score (nSPS) is 20.5. The highest BCUT2D eigenvalue weighted by Gasteiger charge is 2.37. The SMILES string of the molecule is C=CC(=O)Nc1ccc(C(=O)N2CCC(=O)N3CCCCCC32)cc1. The van der Waals surface area contributed by atoms with Crippen LogP contribution in [0.5, 0.6) is 0 Å². The third-order valence-corrected chi connectivity index (χ3v) is 4.81. The first kappa shape index (κ1) is 17.2. The molecule has 0 aliphatic carbocycles. The van der Waals surface area contributed by atoms with Gasteiger partial charge < -0.3 is 15.1 Å². The average molecular weight is 341 g/mol. The number of amides is 3. The van der Waals surface area contributed by atoms with E-state index in [0.29, 0.717) is 24.2 Å². The lowest BCUT2D eigenvalue weighted by molar-refractivity contribution is -0.141. The fraction of sp³-hybridized carbons (Fsp3) is 0.421. The Bertz CT molecular complexity index is 684. The lowest BCUT2D eigenvalue weighted by atomic mass is 10.1. The summed E-state index contributed by atoms with van der Waals surface area (Å²) in [6.07, 6.45) is 5.43. The Kier molecular flexibility index (Phi) is 5.16. The van der Waals surface area contributed by atoms with E-state index >= 15 is 0 Å². The van der Waals surface area contributed by atoms with Crippen molar-refractivity contribution in [2.75, 3.05) is 18.4 Å². The second-order valence-electron chi connectivity index (χ2n) is 6.44. The van der Waals surface area contributed by atoms with Crippen LogP contribution in [0.15, 0.2) is 36.9 Å². The van der Waals surface area contributed by atoms with E-state index in [9.17, 15) is 14.4 Å². The number of nitrogens with zero attached hydrogens (tertiary/aromatic N) is 2. The van der Waals surface area contributed by atoms with Gasteiger partial charge in [-0.15, -0.1) is 0 Å². The molecule has 25 heavy (non-hydrogen) atoms. The molecule has 2 aliphatic heterocycles. The van der Waals surface area contributed by atoms with Crippen molar-refractivity contribution in [1.29, 1.82) is 0 Å². The molecule has 0 spiro atoms. The van der Waals surface area contributed by atoms with Gasteiger partial charge >= 0.3 is 0 Å². The van der Waals surface area contributed by atoms with Crippen LogP contribution in [0.2, 0.25) is 0 Å². The maximum atomic E-state index is 12.9. The summed E-state index contributed by atoms with van der Waals surface area (Å²) in [5, 5.41) is 2.66. The van der Waals surface area contributed by atoms with Crippen LogP contribution in [0.4, 0.5) is 5.69 Å². The Balaban J connectivity index is 1.76. The second-order valence-corrected chi connectivity index (χ2v) is 6.44. The van der Waals surface area contributed by atoms with Crippen LogP contribution < -0.4 is 5.32 Å². The van der Waals surface area contributed by atoms with Crippen LogP contribution in [0.1, 0.15) is 42.5 Å². The fourth-order valence-corrected chi connectivity index (χ4v) is 3.51. The summed E-state index contributed by atoms with van der Waals surface area (Å²) < 4.78 is 0. The Morgan fingerprint density at radius 1 is 1.12 bits per heavy atom. The highest BCUT2D eigenvalue weighted by atomic mass is 16.2. The second kappa shape index (κ2) is 7.51. The predicted octanol–water partition coefficient (Wildman–Crippen LogP) is 2.39.